The highest BCUT2D eigenvalue weighted by atomic mass is 16.5. The average Bonchev–Trinajstić information content (AvgIpc) is 3.14. The summed E-state index contributed by atoms with van der Waals surface area (Å²) >= 11 is 0. The number of rotatable bonds is 7. The van der Waals surface area contributed by atoms with Gasteiger partial charge in [0.1, 0.15) is 6.07 Å². The molecule has 6 heteroatoms. The molecular weight excluding hydrogens is 304 g/mol. The van der Waals surface area contributed by atoms with Crippen molar-refractivity contribution in [2.45, 2.75) is 32.1 Å². The van der Waals surface area contributed by atoms with Gasteiger partial charge in [0.2, 0.25) is 0 Å². The van der Waals surface area contributed by atoms with E-state index in [1.807, 2.05) is 24.3 Å². The zero-order valence-electron chi connectivity index (χ0n) is 13.4. The van der Waals surface area contributed by atoms with Crippen molar-refractivity contribution in [3.05, 3.63) is 53.5 Å². The molecule has 0 saturated carbocycles. The highest BCUT2D eigenvalue weighted by Gasteiger charge is 2.15. The van der Waals surface area contributed by atoms with Crippen molar-refractivity contribution in [2.24, 2.45) is 0 Å². The van der Waals surface area contributed by atoms with Crippen LogP contribution in [-0.4, -0.2) is 29.3 Å². The largest absolute Gasteiger partial charge is 0.376 e. The Morgan fingerprint density at radius 1 is 1.29 bits per heavy atom. The van der Waals surface area contributed by atoms with Gasteiger partial charge >= 0.3 is 0 Å². The smallest absolute Gasteiger partial charge is 0.182 e. The lowest BCUT2D eigenvalue weighted by molar-refractivity contribution is 0.0106. The Kier molecular flexibility index (Phi) is 5.72. The SMILES string of the molecule is N#Cc1nccnc1NCc1cccc(COCC2CCCO2)c1. The molecule has 1 aliphatic rings. The minimum atomic E-state index is 0.246. The molecule has 1 aromatic carbocycles. The summed E-state index contributed by atoms with van der Waals surface area (Å²) in [4.78, 5) is 8.13. The van der Waals surface area contributed by atoms with Crippen LogP contribution in [0.4, 0.5) is 5.82 Å². The van der Waals surface area contributed by atoms with Gasteiger partial charge in [-0.1, -0.05) is 24.3 Å². The maximum absolute atomic E-state index is 9.03. The van der Waals surface area contributed by atoms with Gasteiger partial charge in [0.05, 0.1) is 19.3 Å². The third-order valence-electron chi connectivity index (χ3n) is 3.85. The predicted octanol–water partition coefficient (Wildman–Crippen LogP) is 2.66. The molecule has 2 aromatic rings. The fraction of sp³-hybridized carbons (Fsp3) is 0.389. The van der Waals surface area contributed by atoms with Crippen LogP contribution >= 0.6 is 0 Å². The highest BCUT2D eigenvalue weighted by molar-refractivity contribution is 5.47. The van der Waals surface area contributed by atoms with Gasteiger partial charge in [0.15, 0.2) is 11.5 Å². The van der Waals surface area contributed by atoms with Gasteiger partial charge < -0.3 is 14.8 Å². The number of nitrogens with zero attached hydrogens (tertiary/aromatic N) is 3. The number of aromatic nitrogens is 2. The van der Waals surface area contributed by atoms with Crippen LogP contribution in [0.15, 0.2) is 36.7 Å². The normalized spacial score (nSPS) is 16.7. The summed E-state index contributed by atoms with van der Waals surface area (Å²) in [7, 11) is 0. The Bertz CT molecular complexity index is 708. The van der Waals surface area contributed by atoms with Gasteiger partial charge in [0.25, 0.3) is 0 Å². The van der Waals surface area contributed by atoms with Crippen molar-refractivity contribution in [1.29, 1.82) is 5.26 Å². The third kappa shape index (κ3) is 4.51. The van der Waals surface area contributed by atoms with E-state index in [4.69, 9.17) is 14.7 Å². The summed E-state index contributed by atoms with van der Waals surface area (Å²) in [5.74, 6) is 0.500. The number of hydrogen-bond donors (Lipinski definition) is 1. The minimum absolute atomic E-state index is 0.246. The van der Waals surface area contributed by atoms with Crippen molar-refractivity contribution in [1.82, 2.24) is 9.97 Å². The first kappa shape index (κ1) is 16.4. The molecule has 0 amide bonds. The molecule has 1 aromatic heterocycles. The van der Waals surface area contributed by atoms with Gasteiger partial charge in [-0.25, -0.2) is 9.97 Å². The highest BCUT2D eigenvalue weighted by Crippen LogP contribution is 2.14. The Balaban J connectivity index is 1.52. The topological polar surface area (TPSA) is 80.1 Å². The molecule has 1 atom stereocenters. The number of anilines is 1. The van der Waals surface area contributed by atoms with Gasteiger partial charge in [0, 0.05) is 25.5 Å². The number of benzene rings is 1. The molecular formula is C18H20N4O2. The molecule has 6 nitrogen and oxygen atoms in total. The maximum atomic E-state index is 9.03. The van der Waals surface area contributed by atoms with E-state index < -0.39 is 0 Å². The number of hydrogen-bond acceptors (Lipinski definition) is 6. The van der Waals surface area contributed by atoms with Gasteiger partial charge in [-0.15, -0.1) is 0 Å². The molecule has 0 spiro atoms. The van der Waals surface area contributed by atoms with Crippen LogP contribution in [0.1, 0.15) is 29.7 Å². The molecule has 1 aliphatic heterocycles. The third-order valence-corrected chi connectivity index (χ3v) is 3.85. The molecule has 1 unspecified atom stereocenters. The van der Waals surface area contributed by atoms with Crippen molar-refractivity contribution in [3.8, 4) is 6.07 Å². The van der Waals surface area contributed by atoms with Crippen molar-refractivity contribution in [3.63, 3.8) is 0 Å². The number of nitriles is 1. The first-order chi connectivity index (χ1) is 11.8. The lowest BCUT2D eigenvalue weighted by atomic mass is 10.1. The van der Waals surface area contributed by atoms with E-state index in [0.29, 0.717) is 31.3 Å². The molecule has 2 heterocycles. The predicted molar refractivity (Wildman–Crippen MR) is 89.1 cm³/mol. The second-order valence-corrected chi connectivity index (χ2v) is 5.69. The number of nitrogens with one attached hydrogen (secondary N) is 1. The minimum Gasteiger partial charge on any atom is -0.376 e. The van der Waals surface area contributed by atoms with Crippen LogP contribution in [0.5, 0.6) is 0 Å². The van der Waals surface area contributed by atoms with E-state index in [-0.39, 0.29) is 6.10 Å². The summed E-state index contributed by atoms with van der Waals surface area (Å²) in [6.45, 7) is 2.64. The summed E-state index contributed by atoms with van der Waals surface area (Å²) in [6, 6.07) is 10.2. The Labute approximate surface area is 141 Å². The first-order valence-corrected chi connectivity index (χ1v) is 8.07. The Morgan fingerprint density at radius 3 is 3.00 bits per heavy atom. The average molecular weight is 324 g/mol. The van der Waals surface area contributed by atoms with Crippen molar-refractivity contribution >= 4 is 5.82 Å². The van der Waals surface area contributed by atoms with E-state index in [0.717, 1.165) is 30.6 Å². The van der Waals surface area contributed by atoms with Crippen molar-refractivity contribution < 1.29 is 9.47 Å². The molecule has 1 saturated heterocycles. The van der Waals surface area contributed by atoms with Crippen molar-refractivity contribution in [2.75, 3.05) is 18.5 Å². The molecule has 0 aliphatic carbocycles. The van der Waals surface area contributed by atoms with Gasteiger partial charge in [-0.3, -0.25) is 0 Å². The monoisotopic (exact) mass is 324 g/mol. The first-order valence-electron chi connectivity index (χ1n) is 8.07. The van der Waals surface area contributed by atoms with Crippen LogP contribution in [-0.2, 0) is 22.6 Å². The molecule has 1 N–H and O–H groups in total. The second-order valence-electron chi connectivity index (χ2n) is 5.69. The molecule has 24 heavy (non-hydrogen) atoms. The fourth-order valence-corrected chi connectivity index (χ4v) is 2.65. The molecule has 124 valence electrons. The molecule has 0 radical (unpaired) electrons. The quantitative estimate of drug-likeness (QED) is 0.843. The van der Waals surface area contributed by atoms with Crippen LogP contribution in [0.3, 0.4) is 0 Å². The maximum Gasteiger partial charge on any atom is 0.182 e. The van der Waals surface area contributed by atoms with E-state index in [9.17, 15) is 0 Å². The lowest BCUT2D eigenvalue weighted by Crippen LogP contribution is -2.13. The summed E-state index contributed by atoms with van der Waals surface area (Å²) < 4.78 is 11.3. The van der Waals surface area contributed by atoms with E-state index in [2.05, 4.69) is 21.4 Å². The van der Waals surface area contributed by atoms with Crippen LogP contribution in [0.2, 0.25) is 0 Å². The zero-order chi connectivity index (χ0) is 16.6. The van der Waals surface area contributed by atoms with Gasteiger partial charge in [-0.2, -0.15) is 5.26 Å². The van der Waals surface area contributed by atoms with Crippen LogP contribution in [0, 0.1) is 11.3 Å². The van der Waals surface area contributed by atoms with Crippen LogP contribution < -0.4 is 5.32 Å². The summed E-state index contributed by atoms with van der Waals surface area (Å²) in [5.41, 5.74) is 2.52. The zero-order valence-corrected chi connectivity index (χ0v) is 13.4. The van der Waals surface area contributed by atoms with Gasteiger partial charge in [-0.05, 0) is 24.0 Å². The molecule has 3 rings (SSSR count). The Hall–Kier alpha value is -2.49. The second kappa shape index (κ2) is 8.39. The standard InChI is InChI=1S/C18H20N4O2/c19-10-17-18(21-7-6-20-17)22-11-14-3-1-4-15(9-14)12-23-13-16-5-2-8-24-16/h1,3-4,6-7,9,16H,2,5,8,11-13H2,(H,21,22). The summed E-state index contributed by atoms with van der Waals surface area (Å²) in [5, 5.41) is 12.2. The van der Waals surface area contributed by atoms with Crippen LogP contribution in [0.25, 0.3) is 0 Å². The van der Waals surface area contributed by atoms with E-state index >= 15 is 0 Å². The fourth-order valence-electron chi connectivity index (χ4n) is 2.65. The molecule has 0 bridgehead atoms. The lowest BCUT2D eigenvalue weighted by Gasteiger charge is -2.11. The summed E-state index contributed by atoms with van der Waals surface area (Å²) in [6.07, 6.45) is 5.54. The van der Waals surface area contributed by atoms with E-state index in [1.54, 1.807) is 6.20 Å². The Morgan fingerprint density at radius 2 is 2.17 bits per heavy atom. The number of ether oxygens (including phenoxy) is 2. The molecule has 1 fully saturated rings. The van der Waals surface area contributed by atoms with E-state index in [1.165, 1.54) is 6.20 Å².